The Labute approximate surface area is 420 Å². The van der Waals surface area contributed by atoms with Crippen LogP contribution in [0.25, 0.3) is 134 Å². The highest BCUT2D eigenvalue weighted by atomic mass is 14.3. The second kappa shape index (κ2) is 18.5. The first-order valence-corrected chi connectivity index (χ1v) is 24.9. The van der Waals surface area contributed by atoms with E-state index in [0.29, 0.717) is 0 Å². The number of hydrogen-bond acceptors (Lipinski definition) is 0. The molecule has 72 heavy (non-hydrogen) atoms. The third kappa shape index (κ3) is 7.86. The molecule has 13 aromatic carbocycles. The molecule has 0 saturated heterocycles. The van der Waals surface area contributed by atoms with Crippen LogP contribution in [-0.2, 0) is 0 Å². The van der Waals surface area contributed by atoms with Crippen molar-refractivity contribution in [1.29, 1.82) is 0 Å². The van der Waals surface area contributed by atoms with Crippen LogP contribution in [0.4, 0.5) is 0 Å². The minimum absolute atomic E-state index is 1.17. The van der Waals surface area contributed by atoms with Crippen LogP contribution in [0.15, 0.2) is 267 Å². The molecule has 336 valence electrons. The van der Waals surface area contributed by atoms with Crippen molar-refractivity contribution in [2.75, 3.05) is 0 Å². The van der Waals surface area contributed by atoms with Crippen molar-refractivity contribution < 1.29 is 0 Å². The summed E-state index contributed by atoms with van der Waals surface area (Å²) in [5.74, 6) is 0. The second-order valence-corrected chi connectivity index (χ2v) is 18.7. The van der Waals surface area contributed by atoms with Crippen molar-refractivity contribution in [2.45, 2.75) is 0 Å². The zero-order valence-electron chi connectivity index (χ0n) is 39.7. The third-order valence-corrected chi connectivity index (χ3v) is 14.4. The number of fused-ring (bicyclic) bond motifs is 5. The van der Waals surface area contributed by atoms with Gasteiger partial charge in [-0.25, -0.2) is 0 Å². The summed E-state index contributed by atoms with van der Waals surface area (Å²) < 4.78 is 0. The van der Waals surface area contributed by atoms with Crippen molar-refractivity contribution in [2.24, 2.45) is 0 Å². The molecule has 0 heteroatoms. The summed E-state index contributed by atoms with van der Waals surface area (Å²) in [7, 11) is 0. The summed E-state index contributed by atoms with van der Waals surface area (Å²) in [6.45, 7) is 0. The first-order valence-electron chi connectivity index (χ1n) is 24.9. The van der Waals surface area contributed by atoms with Gasteiger partial charge in [0.1, 0.15) is 0 Å². The van der Waals surface area contributed by atoms with E-state index in [1.165, 1.54) is 132 Å². The summed E-state index contributed by atoms with van der Waals surface area (Å²) in [4.78, 5) is 0. The fraction of sp³-hybridized carbons (Fsp3) is 0. The largest absolute Gasteiger partial charge is 0.0622 e. The molecular weight excluding hydrogens is 865 g/mol. The summed E-state index contributed by atoms with van der Waals surface area (Å²) in [6, 6.07) is 98.0. The minimum atomic E-state index is 1.17. The summed E-state index contributed by atoms with van der Waals surface area (Å²) in [5.41, 5.74) is 16.9. The molecule has 0 atom stereocenters. The van der Waals surface area contributed by atoms with E-state index < -0.39 is 0 Å². The molecule has 0 fully saturated rings. The van der Waals surface area contributed by atoms with Gasteiger partial charge < -0.3 is 0 Å². The predicted octanol–water partition coefficient (Wildman–Crippen LogP) is 20.1. The molecule has 0 nitrogen and oxygen atoms in total. The van der Waals surface area contributed by atoms with E-state index in [2.05, 4.69) is 291 Å². The average Bonchev–Trinajstić information content (AvgIpc) is 3.45. The van der Waals surface area contributed by atoms with E-state index in [9.17, 15) is 0 Å². The maximum Gasteiger partial charge on any atom is -0.00139 e. The summed E-state index contributed by atoms with van der Waals surface area (Å²) in [6.07, 6.45) is 8.80. The maximum absolute atomic E-state index is 2.38. The predicted molar refractivity (Wildman–Crippen MR) is 312 cm³/mol. The Hall–Kier alpha value is -9.36. The maximum atomic E-state index is 2.38. The Bertz CT molecular complexity index is 4250. The van der Waals surface area contributed by atoms with E-state index in [-0.39, 0.29) is 0 Å². The lowest BCUT2D eigenvalue weighted by atomic mass is 9.80. The molecular formula is C72H48. The van der Waals surface area contributed by atoms with Crippen LogP contribution < -0.4 is 0 Å². The van der Waals surface area contributed by atoms with Crippen LogP contribution in [0.5, 0.6) is 0 Å². The molecule has 0 amide bonds. The summed E-state index contributed by atoms with van der Waals surface area (Å²) in [5, 5.41) is 12.3. The first-order chi connectivity index (χ1) is 35.7. The topological polar surface area (TPSA) is 0 Å². The van der Waals surface area contributed by atoms with E-state index in [1.807, 2.05) is 0 Å². The lowest BCUT2D eigenvalue weighted by molar-refractivity contribution is 1.61. The fourth-order valence-corrected chi connectivity index (χ4v) is 11.1. The number of rotatable bonds is 9. The zero-order chi connectivity index (χ0) is 47.8. The Morgan fingerprint density at radius 1 is 0.194 bits per heavy atom. The zero-order valence-corrected chi connectivity index (χ0v) is 39.7. The Morgan fingerprint density at radius 2 is 0.583 bits per heavy atom. The molecule has 0 saturated carbocycles. The van der Waals surface area contributed by atoms with Crippen molar-refractivity contribution in [1.82, 2.24) is 0 Å². The van der Waals surface area contributed by atoms with Crippen LogP contribution in [0, 0.1) is 0 Å². The van der Waals surface area contributed by atoms with Crippen LogP contribution >= 0.6 is 0 Å². The highest BCUT2D eigenvalue weighted by Gasteiger charge is 2.23. The van der Waals surface area contributed by atoms with Gasteiger partial charge in [-0.15, -0.1) is 0 Å². The Balaban J connectivity index is 1.04. The number of hydrogen-bond donors (Lipinski definition) is 0. The van der Waals surface area contributed by atoms with Crippen molar-refractivity contribution in [3.63, 3.8) is 0 Å². The molecule has 0 aliphatic heterocycles. The standard InChI is InChI=1S/C72H48/c1-3-18-49(19-4-1)36-38-51-22-15-26-55(46-51)58-42-44-67(63-30-11-9-28-61(58)63)70-65-32-13-14-33-66(65)72(71-60(34-17-35-69(70)71)57-41-40-53-24-7-8-25-54(53)48-57)68-45-43-59(62-29-10-12-31-64(62)68)56-27-16-23-52(47-56)39-37-50-20-5-2-6-21-50/h1-48H. The van der Waals surface area contributed by atoms with Gasteiger partial charge in [-0.3, -0.25) is 0 Å². The molecule has 0 aliphatic carbocycles. The van der Waals surface area contributed by atoms with Gasteiger partial charge in [0, 0.05) is 0 Å². The molecule has 0 N–H and O–H groups in total. The molecule has 13 rings (SSSR count). The van der Waals surface area contributed by atoms with Crippen LogP contribution in [0.2, 0.25) is 0 Å². The quantitative estimate of drug-likeness (QED) is 0.1000. The molecule has 0 spiro atoms. The highest BCUT2D eigenvalue weighted by Crippen LogP contribution is 2.51. The fourth-order valence-electron chi connectivity index (χ4n) is 11.1. The molecule has 0 bridgehead atoms. The van der Waals surface area contributed by atoms with Crippen molar-refractivity contribution in [3.8, 4) is 55.6 Å². The molecule has 0 heterocycles. The highest BCUT2D eigenvalue weighted by molar-refractivity contribution is 6.28. The van der Waals surface area contributed by atoms with Crippen LogP contribution in [0.3, 0.4) is 0 Å². The molecule has 0 aromatic heterocycles. The van der Waals surface area contributed by atoms with Gasteiger partial charge in [0.2, 0.25) is 0 Å². The summed E-state index contributed by atoms with van der Waals surface area (Å²) >= 11 is 0. The molecule has 0 unspecified atom stereocenters. The molecule has 0 aliphatic rings. The molecule has 13 aromatic rings. The second-order valence-electron chi connectivity index (χ2n) is 18.7. The minimum Gasteiger partial charge on any atom is -0.0622 e. The van der Waals surface area contributed by atoms with Gasteiger partial charge in [-0.1, -0.05) is 273 Å². The SMILES string of the molecule is C(=Cc1cccc(-c2ccc(-c3c4ccccc4c(-c4ccc(-c5cccc(C=Cc6ccccc6)c5)c5ccccc45)c4c(-c5ccc6ccccc6c5)cccc34)c3ccccc23)c1)c1ccccc1. The van der Waals surface area contributed by atoms with Crippen molar-refractivity contribution >= 4 is 78.2 Å². The van der Waals surface area contributed by atoms with Crippen LogP contribution in [-0.4, -0.2) is 0 Å². The van der Waals surface area contributed by atoms with E-state index in [0.717, 1.165) is 0 Å². The van der Waals surface area contributed by atoms with E-state index >= 15 is 0 Å². The van der Waals surface area contributed by atoms with Gasteiger partial charge in [0.05, 0.1) is 0 Å². The lowest BCUT2D eigenvalue weighted by Gasteiger charge is -2.23. The molecule has 0 radical (unpaired) electrons. The number of benzene rings is 13. The normalized spacial score (nSPS) is 11.8. The first kappa shape index (κ1) is 42.7. The van der Waals surface area contributed by atoms with Gasteiger partial charge in [-0.2, -0.15) is 0 Å². The van der Waals surface area contributed by atoms with Gasteiger partial charge in [0.15, 0.2) is 0 Å². The van der Waals surface area contributed by atoms with Gasteiger partial charge >= 0.3 is 0 Å². The monoisotopic (exact) mass is 912 g/mol. The van der Waals surface area contributed by atoms with E-state index in [1.54, 1.807) is 0 Å². The Kier molecular flexibility index (Phi) is 11.0. The average molecular weight is 913 g/mol. The van der Waals surface area contributed by atoms with Gasteiger partial charge in [0.25, 0.3) is 0 Å². The lowest BCUT2D eigenvalue weighted by Crippen LogP contribution is -1.95. The van der Waals surface area contributed by atoms with Gasteiger partial charge in [-0.05, 0) is 150 Å². The van der Waals surface area contributed by atoms with E-state index in [4.69, 9.17) is 0 Å². The van der Waals surface area contributed by atoms with Crippen molar-refractivity contribution in [3.05, 3.63) is 289 Å². The Morgan fingerprint density at radius 3 is 1.15 bits per heavy atom. The third-order valence-electron chi connectivity index (χ3n) is 14.4. The smallest absolute Gasteiger partial charge is 0.00139 e. The van der Waals surface area contributed by atoms with Crippen LogP contribution in [0.1, 0.15) is 22.3 Å².